The zero-order valence-corrected chi connectivity index (χ0v) is 18.7. The summed E-state index contributed by atoms with van der Waals surface area (Å²) in [4.78, 5) is 23.3. The fourth-order valence-electron chi connectivity index (χ4n) is 2.77. The average molecular weight is 441 g/mol. The largest absolute Gasteiger partial charge is 0.494 e. The summed E-state index contributed by atoms with van der Waals surface area (Å²) in [5, 5.41) is 0. The Kier molecular flexibility index (Phi) is 11.5. The van der Waals surface area contributed by atoms with Crippen LogP contribution in [0, 0.1) is 0 Å². The molecule has 2 rings (SSSR count). The quantitative estimate of drug-likeness (QED) is 0.152. The predicted molar refractivity (Wildman–Crippen MR) is 123 cm³/mol. The Morgan fingerprint density at radius 3 is 1.88 bits per heavy atom. The van der Waals surface area contributed by atoms with Gasteiger partial charge >= 0.3 is 11.9 Å². The van der Waals surface area contributed by atoms with Gasteiger partial charge in [0.15, 0.2) is 0 Å². The first-order valence-corrected chi connectivity index (χ1v) is 11.1. The van der Waals surface area contributed by atoms with Gasteiger partial charge in [-0.1, -0.05) is 19.9 Å². The van der Waals surface area contributed by atoms with E-state index in [-0.39, 0.29) is 5.97 Å². The molecule has 0 spiro atoms. The highest BCUT2D eigenvalue weighted by Crippen LogP contribution is 2.20. The summed E-state index contributed by atoms with van der Waals surface area (Å²) in [6, 6.07) is 13.9. The minimum atomic E-state index is -0.423. The first-order valence-electron chi connectivity index (χ1n) is 11.1. The summed E-state index contributed by atoms with van der Waals surface area (Å²) in [5.41, 5.74) is 0.453. The molecule has 0 aromatic heterocycles. The maximum Gasteiger partial charge on any atom is 0.343 e. The Labute approximate surface area is 190 Å². The van der Waals surface area contributed by atoms with Gasteiger partial charge < -0.3 is 18.9 Å². The molecular formula is C26H32O6. The van der Waals surface area contributed by atoms with Crippen molar-refractivity contribution in [1.82, 2.24) is 0 Å². The van der Waals surface area contributed by atoms with Crippen LogP contribution in [0.1, 0.15) is 55.8 Å². The van der Waals surface area contributed by atoms with Crippen LogP contribution in [0.5, 0.6) is 17.2 Å². The van der Waals surface area contributed by atoms with Crippen molar-refractivity contribution in [3.8, 4) is 17.2 Å². The first kappa shape index (κ1) is 25.0. The molecule has 0 aliphatic carbocycles. The van der Waals surface area contributed by atoms with E-state index in [1.807, 2.05) is 0 Å². The monoisotopic (exact) mass is 440 g/mol. The minimum absolute atomic E-state index is 0.383. The minimum Gasteiger partial charge on any atom is -0.494 e. The standard InChI is InChI=1S/C26H32O6/c1-3-5-18-29-23-14-16-24(17-15-23)32-26(28)21-10-12-22(13-11-21)30-19-8-6-7-9-20-31-25(27)4-2/h4,10-17H,2-3,5-9,18-20H2,1H3. The van der Waals surface area contributed by atoms with Crippen LogP contribution in [0.2, 0.25) is 0 Å². The SMILES string of the molecule is C=CC(=O)OCCCCCCOc1ccc(C(=O)Oc2ccc(OCCCC)cc2)cc1. The first-order chi connectivity index (χ1) is 15.6. The van der Waals surface area contributed by atoms with Crippen LogP contribution in [0.15, 0.2) is 61.2 Å². The molecule has 0 heterocycles. The van der Waals surface area contributed by atoms with Crippen molar-refractivity contribution < 1.29 is 28.5 Å². The lowest BCUT2D eigenvalue weighted by atomic mass is 10.2. The highest BCUT2D eigenvalue weighted by atomic mass is 16.5. The number of esters is 2. The maximum absolute atomic E-state index is 12.3. The van der Waals surface area contributed by atoms with Crippen LogP contribution in [0.4, 0.5) is 0 Å². The van der Waals surface area contributed by atoms with Gasteiger partial charge in [0.2, 0.25) is 0 Å². The van der Waals surface area contributed by atoms with E-state index in [4.69, 9.17) is 18.9 Å². The van der Waals surface area contributed by atoms with Gasteiger partial charge in [-0.15, -0.1) is 0 Å². The predicted octanol–water partition coefficient (Wildman–Crippen LogP) is 5.75. The lowest BCUT2D eigenvalue weighted by Gasteiger charge is -2.09. The third-order valence-electron chi connectivity index (χ3n) is 4.61. The molecule has 0 atom stereocenters. The Morgan fingerprint density at radius 1 is 0.750 bits per heavy atom. The number of benzene rings is 2. The van der Waals surface area contributed by atoms with E-state index < -0.39 is 5.97 Å². The zero-order valence-electron chi connectivity index (χ0n) is 18.7. The molecule has 0 saturated carbocycles. The van der Waals surface area contributed by atoms with Crippen LogP contribution >= 0.6 is 0 Å². The molecule has 0 aliphatic rings. The molecule has 0 aliphatic heterocycles. The van der Waals surface area contributed by atoms with Crippen LogP contribution in [-0.4, -0.2) is 31.8 Å². The fraction of sp³-hybridized carbons (Fsp3) is 0.385. The molecule has 6 nitrogen and oxygen atoms in total. The molecule has 0 amide bonds. The van der Waals surface area contributed by atoms with Crippen molar-refractivity contribution in [2.45, 2.75) is 45.4 Å². The Hall–Kier alpha value is -3.28. The number of rotatable bonds is 15. The van der Waals surface area contributed by atoms with Crippen molar-refractivity contribution in [1.29, 1.82) is 0 Å². The van der Waals surface area contributed by atoms with E-state index in [9.17, 15) is 9.59 Å². The number of hydrogen-bond acceptors (Lipinski definition) is 6. The molecular weight excluding hydrogens is 408 g/mol. The molecule has 0 saturated heterocycles. The smallest absolute Gasteiger partial charge is 0.343 e. The summed E-state index contributed by atoms with van der Waals surface area (Å²) >= 11 is 0. The van der Waals surface area contributed by atoms with E-state index in [2.05, 4.69) is 13.5 Å². The molecule has 6 heteroatoms. The number of ether oxygens (including phenoxy) is 4. The van der Waals surface area contributed by atoms with Gasteiger partial charge in [0.1, 0.15) is 17.2 Å². The van der Waals surface area contributed by atoms with E-state index in [1.54, 1.807) is 48.5 Å². The third kappa shape index (κ3) is 9.69. The van der Waals surface area contributed by atoms with Crippen LogP contribution in [0.3, 0.4) is 0 Å². The van der Waals surface area contributed by atoms with Crippen LogP contribution < -0.4 is 14.2 Å². The van der Waals surface area contributed by atoms with E-state index in [1.165, 1.54) is 6.08 Å². The molecule has 2 aromatic carbocycles. The van der Waals surface area contributed by atoms with Gasteiger partial charge in [-0.2, -0.15) is 0 Å². The molecule has 0 radical (unpaired) electrons. The van der Waals surface area contributed by atoms with Crippen LogP contribution in [-0.2, 0) is 9.53 Å². The van der Waals surface area contributed by atoms with E-state index in [0.29, 0.717) is 36.9 Å². The second-order valence-electron chi connectivity index (χ2n) is 7.22. The van der Waals surface area contributed by atoms with Crippen molar-refractivity contribution in [2.24, 2.45) is 0 Å². The summed E-state index contributed by atoms with van der Waals surface area (Å²) in [5.74, 6) is 1.13. The van der Waals surface area contributed by atoms with Gasteiger partial charge in [0, 0.05) is 6.08 Å². The number of carbonyl (C=O) groups excluding carboxylic acids is 2. The van der Waals surface area contributed by atoms with Crippen molar-refractivity contribution in [3.05, 3.63) is 66.7 Å². The maximum atomic E-state index is 12.3. The van der Waals surface area contributed by atoms with Crippen molar-refractivity contribution >= 4 is 11.9 Å². The van der Waals surface area contributed by atoms with Crippen molar-refractivity contribution in [2.75, 3.05) is 19.8 Å². The number of carbonyl (C=O) groups is 2. The van der Waals surface area contributed by atoms with Gasteiger partial charge in [0.05, 0.1) is 25.4 Å². The molecule has 172 valence electrons. The summed E-state index contributed by atoms with van der Waals surface area (Å²) in [6.45, 7) is 7.15. The molecule has 2 aromatic rings. The fourth-order valence-corrected chi connectivity index (χ4v) is 2.77. The van der Waals surface area contributed by atoms with Crippen molar-refractivity contribution in [3.63, 3.8) is 0 Å². The van der Waals surface area contributed by atoms with Gasteiger partial charge in [-0.3, -0.25) is 0 Å². The van der Waals surface area contributed by atoms with E-state index in [0.717, 1.165) is 44.3 Å². The summed E-state index contributed by atoms with van der Waals surface area (Å²) < 4.78 is 21.7. The average Bonchev–Trinajstić information content (AvgIpc) is 2.82. The highest BCUT2D eigenvalue weighted by molar-refractivity contribution is 5.91. The Balaban J connectivity index is 1.65. The summed E-state index contributed by atoms with van der Waals surface area (Å²) in [7, 11) is 0. The third-order valence-corrected chi connectivity index (χ3v) is 4.61. The zero-order chi connectivity index (χ0) is 23.0. The van der Waals surface area contributed by atoms with E-state index >= 15 is 0 Å². The molecule has 0 N–H and O–H groups in total. The molecule has 0 fully saturated rings. The number of unbranched alkanes of at least 4 members (excludes halogenated alkanes) is 4. The van der Waals surface area contributed by atoms with Gasteiger partial charge in [-0.05, 0) is 80.6 Å². The van der Waals surface area contributed by atoms with Gasteiger partial charge in [-0.25, -0.2) is 9.59 Å². The van der Waals surface area contributed by atoms with Gasteiger partial charge in [0.25, 0.3) is 0 Å². The van der Waals surface area contributed by atoms with Crippen LogP contribution in [0.25, 0.3) is 0 Å². The topological polar surface area (TPSA) is 71.1 Å². The molecule has 32 heavy (non-hydrogen) atoms. The second-order valence-corrected chi connectivity index (χ2v) is 7.22. The Morgan fingerprint density at radius 2 is 1.28 bits per heavy atom. The lowest BCUT2D eigenvalue weighted by Crippen LogP contribution is -2.08. The molecule has 0 unspecified atom stereocenters. The highest BCUT2D eigenvalue weighted by Gasteiger charge is 2.09. The second kappa shape index (κ2) is 14.7. The number of hydrogen-bond donors (Lipinski definition) is 0. The lowest BCUT2D eigenvalue weighted by molar-refractivity contribution is -0.137. The normalized spacial score (nSPS) is 10.3. The molecule has 0 bridgehead atoms. The Bertz CT molecular complexity index is 826. The summed E-state index contributed by atoms with van der Waals surface area (Å²) in [6.07, 6.45) is 6.92.